The lowest BCUT2D eigenvalue weighted by Gasteiger charge is -2.03. The average Bonchev–Trinajstić information content (AvgIpc) is 2.60. The number of nitrogens with zero attached hydrogens (tertiary/aromatic N) is 2. The van der Waals surface area contributed by atoms with Gasteiger partial charge in [-0.2, -0.15) is 0 Å². The van der Waals surface area contributed by atoms with Gasteiger partial charge in [0, 0.05) is 14.1 Å². The van der Waals surface area contributed by atoms with E-state index in [1.54, 1.807) is 13.4 Å². The number of hydrazine groups is 1. The molecule has 0 unspecified atom stereocenters. The number of aryl methyl sites for hydroxylation is 1. The molecule has 2 N–H and O–H groups in total. The average molecular weight is 218 g/mol. The van der Waals surface area contributed by atoms with Crippen LogP contribution in [0.2, 0.25) is 0 Å². The number of hydrogen-bond donors (Lipinski definition) is 2. The molecule has 16 heavy (non-hydrogen) atoms. The molecule has 0 atom stereocenters. The Kier molecular flexibility index (Phi) is 2.87. The molecule has 5 heteroatoms. The number of fused-ring (bicyclic) bond motifs is 1. The molecule has 2 rings (SSSR count). The largest absolute Gasteiger partial charge is 0.334 e. The summed E-state index contributed by atoms with van der Waals surface area (Å²) in [5.74, 6) is -0.0576. The zero-order chi connectivity index (χ0) is 11.5. The predicted octanol–water partition coefficient (Wildman–Crippen LogP) is 0.366. The summed E-state index contributed by atoms with van der Waals surface area (Å²) in [7, 11) is 3.61. The van der Waals surface area contributed by atoms with E-state index in [9.17, 15) is 4.79 Å². The molecule has 0 aliphatic carbocycles. The second-order valence-electron chi connectivity index (χ2n) is 3.65. The maximum Gasteiger partial charge on any atom is 0.238 e. The molecule has 1 amide bonds. The van der Waals surface area contributed by atoms with Crippen molar-refractivity contribution >= 4 is 16.9 Å². The first-order valence-corrected chi connectivity index (χ1v) is 5.06. The zero-order valence-electron chi connectivity index (χ0n) is 9.32. The van der Waals surface area contributed by atoms with Crippen LogP contribution in [0.3, 0.4) is 0 Å². The van der Waals surface area contributed by atoms with Crippen LogP contribution in [0.1, 0.15) is 5.56 Å². The molecular formula is C11H14N4O. The number of carbonyl (C=O) groups excluding carboxylic acids is 1. The Hall–Kier alpha value is -1.88. The molecule has 1 aromatic carbocycles. The van der Waals surface area contributed by atoms with Crippen LogP contribution >= 0.6 is 0 Å². The van der Waals surface area contributed by atoms with E-state index in [1.807, 2.05) is 29.8 Å². The van der Waals surface area contributed by atoms with E-state index in [4.69, 9.17) is 0 Å². The Morgan fingerprint density at radius 2 is 2.31 bits per heavy atom. The Labute approximate surface area is 93.4 Å². The van der Waals surface area contributed by atoms with Crippen molar-refractivity contribution in [3.63, 3.8) is 0 Å². The van der Waals surface area contributed by atoms with Crippen LogP contribution < -0.4 is 10.9 Å². The number of rotatable bonds is 3. The molecule has 0 aliphatic heterocycles. The van der Waals surface area contributed by atoms with E-state index < -0.39 is 0 Å². The highest BCUT2D eigenvalue weighted by Crippen LogP contribution is 2.14. The van der Waals surface area contributed by atoms with Crippen LogP contribution in [-0.4, -0.2) is 22.5 Å². The van der Waals surface area contributed by atoms with Crippen molar-refractivity contribution in [3.8, 4) is 0 Å². The summed E-state index contributed by atoms with van der Waals surface area (Å²) in [5.41, 5.74) is 8.08. The molecule has 84 valence electrons. The Balaban J connectivity index is 2.23. The van der Waals surface area contributed by atoms with E-state index >= 15 is 0 Å². The van der Waals surface area contributed by atoms with Gasteiger partial charge in [0.25, 0.3) is 0 Å². The lowest BCUT2D eigenvalue weighted by atomic mass is 10.1. The monoisotopic (exact) mass is 218 g/mol. The number of benzene rings is 1. The van der Waals surface area contributed by atoms with Crippen molar-refractivity contribution in [2.45, 2.75) is 6.42 Å². The van der Waals surface area contributed by atoms with Gasteiger partial charge in [-0.25, -0.2) is 10.4 Å². The Bertz CT molecular complexity index is 518. The van der Waals surface area contributed by atoms with Gasteiger partial charge in [0.1, 0.15) is 0 Å². The first kappa shape index (κ1) is 10.6. The number of imidazole rings is 1. The van der Waals surface area contributed by atoms with Crippen LogP contribution in [-0.2, 0) is 18.3 Å². The van der Waals surface area contributed by atoms with Gasteiger partial charge in [-0.15, -0.1) is 0 Å². The third-order valence-electron chi connectivity index (χ3n) is 2.42. The summed E-state index contributed by atoms with van der Waals surface area (Å²) < 4.78 is 1.95. The highest BCUT2D eigenvalue weighted by atomic mass is 16.2. The van der Waals surface area contributed by atoms with Gasteiger partial charge in [-0.05, 0) is 17.7 Å². The zero-order valence-corrected chi connectivity index (χ0v) is 9.32. The molecular weight excluding hydrogens is 204 g/mol. The second kappa shape index (κ2) is 4.32. The predicted molar refractivity (Wildman–Crippen MR) is 61.6 cm³/mol. The van der Waals surface area contributed by atoms with Crippen molar-refractivity contribution < 1.29 is 4.79 Å². The number of hydrogen-bond acceptors (Lipinski definition) is 3. The van der Waals surface area contributed by atoms with E-state index in [0.29, 0.717) is 6.42 Å². The third-order valence-corrected chi connectivity index (χ3v) is 2.42. The van der Waals surface area contributed by atoms with Crippen LogP contribution in [0, 0.1) is 0 Å². The Morgan fingerprint density at radius 3 is 3.06 bits per heavy atom. The SMILES string of the molecule is CNNC(=O)Cc1ccc2c(c1)ncn2C. The lowest BCUT2D eigenvalue weighted by Crippen LogP contribution is -2.35. The maximum atomic E-state index is 11.4. The standard InChI is InChI=1S/C11H14N4O/c1-12-14-11(16)6-8-3-4-10-9(5-8)13-7-15(10)2/h3-5,7,12H,6H2,1-2H3,(H,14,16). The van der Waals surface area contributed by atoms with Crippen molar-refractivity contribution in [1.82, 2.24) is 20.4 Å². The quantitative estimate of drug-likeness (QED) is 0.732. The molecule has 0 bridgehead atoms. The highest BCUT2D eigenvalue weighted by Gasteiger charge is 2.05. The van der Waals surface area contributed by atoms with Crippen LogP contribution in [0.15, 0.2) is 24.5 Å². The molecule has 1 heterocycles. The van der Waals surface area contributed by atoms with Gasteiger partial charge in [0.15, 0.2) is 0 Å². The number of aromatic nitrogens is 2. The van der Waals surface area contributed by atoms with Gasteiger partial charge >= 0.3 is 0 Å². The fourth-order valence-electron chi connectivity index (χ4n) is 1.66. The smallest absolute Gasteiger partial charge is 0.238 e. The second-order valence-corrected chi connectivity index (χ2v) is 3.65. The van der Waals surface area contributed by atoms with Crippen molar-refractivity contribution in [3.05, 3.63) is 30.1 Å². The van der Waals surface area contributed by atoms with Gasteiger partial charge in [-0.3, -0.25) is 10.2 Å². The molecule has 0 radical (unpaired) electrons. The van der Waals surface area contributed by atoms with Gasteiger partial charge < -0.3 is 4.57 Å². The minimum absolute atomic E-state index is 0.0576. The minimum atomic E-state index is -0.0576. The van der Waals surface area contributed by atoms with Gasteiger partial charge in [0.2, 0.25) is 5.91 Å². The number of carbonyl (C=O) groups is 1. The van der Waals surface area contributed by atoms with E-state index in [0.717, 1.165) is 16.6 Å². The molecule has 0 aliphatic rings. The molecule has 2 aromatic rings. The summed E-state index contributed by atoms with van der Waals surface area (Å²) in [4.78, 5) is 15.6. The third kappa shape index (κ3) is 2.04. The van der Waals surface area contributed by atoms with Crippen molar-refractivity contribution in [2.75, 3.05) is 7.05 Å². The number of amides is 1. The van der Waals surface area contributed by atoms with Crippen molar-refractivity contribution in [2.24, 2.45) is 7.05 Å². The normalized spacial score (nSPS) is 10.6. The summed E-state index contributed by atoms with van der Waals surface area (Å²) in [6.45, 7) is 0. The van der Waals surface area contributed by atoms with E-state index in [2.05, 4.69) is 15.8 Å². The summed E-state index contributed by atoms with van der Waals surface area (Å²) >= 11 is 0. The first-order valence-electron chi connectivity index (χ1n) is 5.06. The van der Waals surface area contributed by atoms with Crippen LogP contribution in [0.5, 0.6) is 0 Å². The van der Waals surface area contributed by atoms with Crippen molar-refractivity contribution in [1.29, 1.82) is 0 Å². The Morgan fingerprint density at radius 1 is 1.50 bits per heavy atom. The molecule has 5 nitrogen and oxygen atoms in total. The molecule has 0 spiro atoms. The van der Waals surface area contributed by atoms with E-state index in [-0.39, 0.29) is 5.91 Å². The van der Waals surface area contributed by atoms with Crippen LogP contribution in [0.25, 0.3) is 11.0 Å². The topological polar surface area (TPSA) is 58.9 Å². The number of nitrogens with one attached hydrogen (secondary N) is 2. The summed E-state index contributed by atoms with van der Waals surface area (Å²) in [6, 6.07) is 5.86. The molecule has 0 saturated carbocycles. The van der Waals surface area contributed by atoms with Gasteiger partial charge in [-0.1, -0.05) is 6.07 Å². The lowest BCUT2D eigenvalue weighted by molar-refractivity contribution is -0.121. The van der Waals surface area contributed by atoms with Crippen LogP contribution in [0.4, 0.5) is 0 Å². The highest BCUT2D eigenvalue weighted by molar-refractivity contribution is 5.81. The van der Waals surface area contributed by atoms with E-state index in [1.165, 1.54) is 0 Å². The summed E-state index contributed by atoms with van der Waals surface area (Å²) in [5, 5.41) is 0. The fraction of sp³-hybridized carbons (Fsp3) is 0.273. The molecule has 0 saturated heterocycles. The summed E-state index contributed by atoms with van der Waals surface area (Å²) in [6.07, 6.45) is 2.12. The fourth-order valence-corrected chi connectivity index (χ4v) is 1.66. The first-order chi connectivity index (χ1) is 7.70. The molecule has 0 fully saturated rings. The van der Waals surface area contributed by atoms with Gasteiger partial charge in [0.05, 0.1) is 23.8 Å². The molecule has 1 aromatic heterocycles. The maximum absolute atomic E-state index is 11.4. The minimum Gasteiger partial charge on any atom is -0.334 e.